The number of H-pyrrole nitrogens is 1. The van der Waals surface area contributed by atoms with E-state index in [0.717, 1.165) is 5.56 Å². The van der Waals surface area contributed by atoms with E-state index in [1.165, 1.54) is 13.2 Å². The van der Waals surface area contributed by atoms with Crippen molar-refractivity contribution < 1.29 is 19.0 Å². The summed E-state index contributed by atoms with van der Waals surface area (Å²) >= 11 is 6.09. The molecule has 1 aromatic heterocycles. The topological polar surface area (TPSA) is 103 Å². The number of aromatic carboxylic acids is 1. The molecule has 0 spiro atoms. The lowest BCUT2D eigenvalue weighted by molar-refractivity contribution is 0.0692. The lowest BCUT2D eigenvalue weighted by Gasteiger charge is -2.18. The molecule has 3 aromatic rings. The van der Waals surface area contributed by atoms with Crippen LogP contribution in [0.3, 0.4) is 0 Å². The highest BCUT2D eigenvalue weighted by atomic mass is 35.5. The largest absolute Gasteiger partial charge is 0.477 e. The molecular formula is C20H16ClN2O4P. The third-order valence-electron chi connectivity index (χ3n) is 4.27. The predicted molar refractivity (Wildman–Crippen MR) is 110 cm³/mol. The van der Waals surface area contributed by atoms with Crippen LogP contribution in [0.2, 0.25) is 5.02 Å². The van der Waals surface area contributed by atoms with Crippen LogP contribution in [-0.4, -0.2) is 23.2 Å². The molecule has 1 atom stereocenters. The lowest BCUT2D eigenvalue weighted by Crippen LogP contribution is -2.23. The maximum absolute atomic E-state index is 14.0. The summed E-state index contributed by atoms with van der Waals surface area (Å²) in [5.41, 5.74) is 1.73. The maximum atomic E-state index is 14.0. The molecule has 0 bridgehead atoms. The van der Waals surface area contributed by atoms with Crippen LogP contribution < -0.4 is 10.6 Å². The Balaban J connectivity index is 2.36. The minimum Gasteiger partial charge on any atom is -0.477 e. The molecule has 0 fully saturated rings. The third-order valence-corrected chi connectivity index (χ3v) is 7.01. The van der Waals surface area contributed by atoms with Crippen LogP contribution in [0.5, 0.6) is 0 Å². The highest BCUT2D eigenvalue weighted by Crippen LogP contribution is 2.47. The van der Waals surface area contributed by atoms with Crippen molar-refractivity contribution in [3.05, 3.63) is 64.3 Å². The summed E-state index contributed by atoms with van der Waals surface area (Å²) in [7, 11) is -2.51. The van der Waals surface area contributed by atoms with Gasteiger partial charge in [0.25, 0.3) is 7.37 Å². The summed E-state index contributed by atoms with van der Waals surface area (Å²) in [6.45, 7) is 1.82. The molecule has 0 aliphatic carbocycles. The van der Waals surface area contributed by atoms with Crippen LogP contribution in [0.4, 0.5) is 0 Å². The van der Waals surface area contributed by atoms with E-state index in [4.69, 9.17) is 21.4 Å². The number of rotatable bonds is 5. The zero-order valence-electron chi connectivity index (χ0n) is 15.1. The van der Waals surface area contributed by atoms with Crippen molar-refractivity contribution >= 4 is 52.5 Å². The Hall–Kier alpha value is -2.84. The standard InChI is InChI=1S/C20H16ClN2O4P/c1-12-8-13(4-3-7-22)10-15(9-12)28(26,27-2)19-16-11-14(21)5-6-17(16)23-18(19)20(24)25/h3-6,8-11,23H,1-2H3,(H,24,25)/b4-3+. The molecular weight excluding hydrogens is 399 g/mol. The molecule has 6 nitrogen and oxygen atoms in total. The van der Waals surface area contributed by atoms with Crippen LogP contribution in [0.25, 0.3) is 17.0 Å². The number of nitrogens with zero attached hydrogens (tertiary/aromatic N) is 1. The smallest absolute Gasteiger partial charge is 0.353 e. The maximum Gasteiger partial charge on any atom is 0.353 e. The van der Waals surface area contributed by atoms with Gasteiger partial charge in [0.15, 0.2) is 0 Å². The first-order chi connectivity index (χ1) is 13.3. The van der Waals surface area contributed by atoms with Gasteiger partial charge in [0.05, 0.1) is 11.4 Å². The summed E-state index contributed by atoms with van der Waals surface area (Å²) < 4.78 is 19.5. The summed E-state index contributed by atoms with van der Waals surface area (Å²) in [5.74, 6) is -1.25. The quantitative estimate of drug-likeness (QED) is 0.480. The molecule has 0 amide bonds. The predicted octanol–water partition coefficient (Wildman–Crippen LogP) is 4.24. The molecule has 1 unspecified atom stereocenters. The van der Waals surface area contributed by atoms with Crippen molar-refractivity contribution in [1.82, 2.24) is 4.98 Å². The van der Waals surface area contributed by atoms with Gasteiger partial charge in [-0.05, 0) is 54.5 Å². The van der Waals surface area contributed by atoms with Gasteiger partial charge < -0.3 is 14.6 Å². The monoisotopic (exact) mass is 414 g/mol. The zero-order valence-corrected chi connectivity index (χ0v) is 16.7. The second-order valence-corrected chi connectivity index (χ2v) is 9.01. The molecule has 0 aliphatic rings. The second-order valence-electron chi connectivity index (χ2n) is 6.14. The minimum atomic E-state index is -3.79. The number of allylic oxidation sites excluding steroid dienone is 1. The van der Waals surface area contributed by atoms with Gasteiger partial charge in [-0.3, -0.25) is 4.57 Å². The SMILES string of the molecule is COP(=O)(c1cc(C)cc(/C=C/C#N)c1)c1c(C(=O)O)[nH]c2ccc(Cl)cc12. The summed E-state index contributed by atoms with van der Waals surface area (Å²) in [6.07, 6.45) is 2.89. The Labute approximate surface area is 166 Å². The molecule has 0 aliphatic heterocycles. The number of aromatic amines is 1. The number of fused-ring (bicyclic) bond motifs is 1. The van der Waals surface area contributed by atoms with E-state index in [9.17, 15) is 14.5 Å². The molecule has 8 heteroatoms. The van der Waals surface area contributed by atoms with Crippen LogP contribution >= 0.6 is 19.0 Å². The van der Waals surface area contributed by atoms with E-state index in [1.54, 1.807) is 36.4 Å². The fourth-order valence-electron chi connectivity index (χ4n) is 3.13. The number of carboxylic acid groups (broad SMARTS) is 1. The van der Waals surface area contributed by atoms with Gasteiger partial charge in [-0.15, -0.1) is 0 Å². The highest BCUT2D eigenvalue weighted by molar-refractivity contribution is 7.75. The van der Waals surface area contributed by atoms with E-state index in [1.807, 2.05) is 19.1 Å². The van der Waals surface area contributed by atoms with E-state index in [-0.39, 0.29) is 11.0 Å². The number of carboxylic acids is 1. The van der Waals surface area contributed by atoms with Gasteiger partial charge in [-0.25, -0.2) is 4.79 Å². The molecule has 0 saturated carbocycles. The van der Waals surface area contributed by atoms with Crippen molar-refractivity contribution in [2.45, 2.75) is 6.92 Å². The van der Waals surface area contributed by atoms with Crippen molar-refractivity contribution in [3.63, 3.8) is 0 Å². The molecule has 0 saturated heterocycles. The van der Waals surface area contributed by atoms with E-state index in [0.29, 0.717) is 26.8 Å². The first-order valence-electron chi connectivity index (χ1n) is 8.19. The lowest BCUT2D eigenvalue weighted by atomic mass is 10.1. The fraction of sp³-hybridized carbons (Fsp3) is 0.100. The number of hydrogen-bond donors (Lipinski definition) is 2. The van der Waals surface area contributed by atoms with Crippen molar-refractivity contribution in [3.8, 4) is 6.07 Å². The van der Waals surface area contributed by atoms with Gasteiger partial charge in [-0.2, -0.15) is 5.26 Å². The molecule has 2 N–H and O–H groups in total. The summed E-state index contributed by atoms with van der Waals surface area (Å²) in [5, 5.41) is 19.6. The number of aryl methyl sites for hydroxylation is 1. The number of nitriles is 1. The average Bonchev–Trinajstić information content (AvgIpc) is 3.04. The number of halogens is 1. The van der Waals surface area contributed by atoms with Gasteiger partial charge in [0.2, 0.25) is 0 Å². The highest BCUT2D eigenvalue weighted by Gasteiger charge is 2.36. The van der Waals surface area contributed by atoms with Gasteiger partial charge in [0, 0.05) is 34.4 Å². The molecule has 2 aromatic carbocycles. The van der Waals surface area contributed by atoms with Crippen molar-refractivity contribution in [2.24, 2.45) is 0 Å². The molecule has 0 radical (unpaired) electrons. The molecule has 3 rings (SSSR count). The van der Waals surface area contributed by atoms with Crippen LogP contribution in [0.15, 0.2) is 42.5 Å². The first kappa shape index (κ1) is 19.9. The Bertz CT molecular complexity index is 1210. The average molecular weight is 415 g/mol. The molecule has 142 valence electrons. The Kier molecular flexibility index (Phi) is 5.44. The van der Waals surface area contributed by atoms with Crippen LogP contribution in [0, 0.1) is 18.3 Å². The second kappa shape index (κ2) is 7.65. The Morgan fingerprint density at radius 3 is 2.71 bits per heavy atom. The molecule has 1 heterocycles. The van der Waals surface area contributed by atoms with Crippen molar-refractivity contribution in [2.75, 3.05) is 7.11 Å². The minimum absolute atomic E-state index is 0.0563. The molecule has 28 heavy (non-hydrogen) atoms. The van der Waals surface area contributed by atoms with Crippen LogP contribution in [0.1, 0.15) is 21.6 Å². The normalized spacial score (nSPS) is 13.5. The van der Waals surface area contributed by atoms with Crippen molar-refractivity contribution in [1.29, 1.82) is 5.26 Å². The number of carbonyl (C=O) groups is 1. The number of aromatic nitrogens is 1. The number of hydrogen-bond acceptors (Lipinski definition) is 4. The number of benzene rings is 2. The van der Waals surface area contributed by atoms with Crippen LogP contribution in [-0.2, 0) is 9.09 Å². The van der Waals surface area contributed by atoms with Gasteiger partial charge in [0.1, 0.15) is 5.69 Å². The zero-order chi connectivity index (χ0) is 20.5. The summed E-state index contributed by atoms with van der Waals surface area (Å²) in [4.78, 5) is 14.7. The van der Waals surface area contributed by atoms with Gasteiger partial charge in [-0.1, -0.05) is 17.7 Å². The fourth-order valence-corrected chi connectivity index (χ4v) is 5.59. The van der Waals surface area contributed by atoms with Gasteiger partial charge >= 0.3 is 5.97 Å². The van der Waals surface area contributed by atoms with E-state index >= 15 is 0 Å². The van der Waals surface area contributed by atoms with E-state index in [2.05, 4.69) is 4.98 Å². The first-order valence-corrected chi connectivity index (χ1v) is 10.2. The van der Waals surface area contributed by atoms with E-state index < -0.39 is 13.3 Å². The number of nitrogens with one attached hydrogen (secondary N) is 1. The summed E-state index contributed by atoms with van der Waals surface area (Å²) in [6, 6.07) is 11.8. The Morgan fingerprint density at radius 2 is 2.07 bits per heavy atom. The Morgan fingerprint density at radius 1 is 1.32 bits per heavy atom. The third kappa shape index (κ3) is 3.48.